The normalized spacial score (nSPS) is 26.9. The molecule has 1 rings (SSSR count). The monoisotopic (exact) mass is 222 g/mol. The van der Waals surface area contributed by atoms with Gasteiger partial charge in [-0.3, -0.25) is 9.89 Å². The number of hydrogen-bond acceptors (Lipinski definition) is 2. The first-order valence-corrected chi connectivity index (χ1v) is 6.18. The van der Waals surface area contributed by atoms with E-state index in [0.717, 1.165) is 12.8 Å². The van der Waals surface area contributed by atoms with Crippen molar-refractivity contribution in [3.05, 3.63) is 12.2 Å². The van der Waals surface area contributed by atoms with E-state index < -0.39 is 0 Å². The minimum absolute atomic E-state index is 0.236. The van der Waals surface area contributed by atoms with Gasteiger partial charge in [0.15, 0.2) is 0 Å². The van der Waals surface area contributed by atoms with Gasteiger partial charge in [-0.1, -0.05) is 6.08 Å². The summed E-state index contributed by atoms with van der Waals surface area (Å²) in [5.74, 6) is 0. The summed E-state index contributed by atoms with van der Waals surface area (Å²) in [5, 5.41) is 0. The van der Waals surface area contributed by atoms with Crippen molar-refractivity contribution < 1.29 is 0 Å². The highest BCUT2D eigenvalue weighted by molar-refractivity contribution is 5.71. The Balaban J connectivity index is 2.78. The van der Waals surface area contributed by atoms with Gasteiger partial charge < -0.3 is 0 Å². The second-order valence-electron chi connectivity index (χ2n) is 6.07. The van der Waals surface area contributed by atoms with Crippen molar-refractivity contribution in [3.8, 4) is 0 Å². The number of piperidine rings is 1. The van der Waals surface area contributed by atoms with Crippen LogP contribution in [0.2, 0.25) is 0 Å². The van der Waals surface area contributed by atoms with Crippen LogP contribution >= 0.6 is 0 Å². The maximum absolute atomic E-state index is 4.66. The minimum atomic E-state index is 0.236. The third-order valence-electron chi connectivity index (χ3n) is 3.86. The van der Waals surface area contributed by atoms with Crippen LogP contribution in [0.1, 0.15) is 47.5 Å². The number of likely N-dealkylation sites (tertiary alicyclic amines) is 1. The zero-order chi connectivity index (χ0) is 12.4. The molecule has 1 heterocycles. The zero-order valence-electron chi connectivity index (χ0n) is 11.6. The average Bonchev–Trinajstić information content (AvgIpc) is 2.14. The lowest BCUT2D eigenvalue weighted by Gasteiger charge is -2.52. The van der Waals surface area contributed by atoms with Crippen LogP contribution in [0.3, 0.4) is 0 Å². The topological polar surface area (TPSA) is 15.6 Å². The van der Waals surface area contributed by atoms with Gasteiger partial charge in [-0.05, 0) is 60.6 Å². The first kappa shape index (κ1) is 13.4. The fourth-order valence-corrected chi connectivity index (χ4v) is 2.68. The van der Waals surface area contributed by atoms with Crippen molar-refractivity contribution >= 4 is 6.21 Å². The number of aliphatic imine (C=N–C) groups is 1. The smallest absolute Gasteiger partial charge is 0.0534 e. The third-order valence-corrected chi connectivity index (χ3v) is 3.86. The van der Waals surface area contributed by atoms with Gasteiger partial charge >= 0.3 is 0 Å². The molecule has 0 aromatic heterocycles. The molecule has 2 nitrogen and oxygen atoms in total. The van der Waals surface area contributed by atoms with E-state index in [4.69, 9.17) is 0 Å². The highest BCUT2D eigenvalue weighted by Gasteiger charge is 2.42. The molecule has 0 saturated carbocycles. The molecule has 0 radical (unpaired) electrons. The summed E-state index contributed by atoms with van der Waals surface area (Å²) in [7, 11) is 2.23. The molecule has 1 saturated heterocycles. The van der Waals surface area contributed by atoms with E-state index in [0.29, 0.717) is 6.04 Å². The maximum Gasteiger partial charge on any atom is 0.0534 e. The number of nitrogens with zero attached hydrogens (tertiary/aromatic N) is 2. The van der Waals surface area contributed by atoms with Crippen molar-refractivity contribution in [1.29, 1.82) is 0 Å². The lowest BCUT2D eigenvalue weighted by atomic mass is 9.78. The number of allylic oxidation sites excluding steroid dienone is 2. The maximum atomic E-state index is 4.66. The summed E-state index contributed by atoms with van der Waals surface area (Å²) in [4.78, 5) is 7.15. The second kappa shape index (κ2) is 4.70. The Bertz CT molecular complexity index is 269. The zero-order valence-corrected chi connectivity index (χ0v) is 11.6. The summed E-state index contributed by atoms with van der Waals surface area (Å²) in [5.41, 5.74) is 0.472. The van der Waals surface area contributed by atoms with Gasteiger partial charge in [-0.15, -0.1) is 0 Å². The van der Waals surface area contributed by atoms with Crippen LogP contribution in [0.25, 0.3) is 0 Å². The summed E-state index contributed by atoms with van der Waals surface area (Å²) in [6.07, 6.45) is 8.26. The van der Waals surface area contributed by atoms with E-state index in [1.807, 2.05) is 25.3 Å². The fraction of sp³-hybridized carbons (Fsp3) is 0.786. The largest absolute Gasteiger partial charge is 0.296 e. The van der Waals surface area contributed by atoms with Crippen molar-refractivity contribution in [2.45, 2.75) is 64.6 Å². The molecule has 2 heteroatoms. The van der Waals surface area contributed by atoms with Gasteiger partial charge in [0.25, 0.3) is 0 Å². The van der Waals surface area contributed by atoms with Crippen LogP contribution < -0.4 is 0 Å². The Morgan fingerprint density at radius 2 is 1.62 bits per heavy atom. The Morgan fingerprint density at radius 3 is 2.06 bits per heavy atom. The van der Waals surface area contributed by atoms with Crippen LogP contribution in [-0.4, -0.2) is 35.3 Å². The molecule has 0 unspecified atom stereocenters. The molecule has 0 atom stereocenters. The lowest BCUT2D eigenvalue weighted by Crippen LogP contribution is -2.59. The van der Waals surface area contributed by atoms with Crippen LogP contribution in [0.4, 0.5) is 0 Å². The van der Waals surface area contributed by atoms with E-state index >= 15 is 0 Å². The summed E-state index contributed by atoms with van der Waals surface area (Å²) in [6, 6.07) is 0.456. The van der Waals surface area contributed by atoms with Gasteiger partial charge in [0.2, 0.25) is 0 Å². The predicted octanol–water partition coefficient (Wildman–Crippen LogP) is 3.28. The highest BCUT2D eigenvalue weighted by atomic mass is 15.2. The minimum Gasteiger partial charge on any atom is -0.296 e. The summed E-state index contributed by atoms with van der Waals surface area (Å²) >= 11 is 0. The van der Waals surface area contributed by atoms with E-state index in [2.05, 4.69) is 44.6 Å². The van der Waals surface area contributed by atoms with E-state index in [1.54, 1.807) is 0 Å². The van der Waals surface area contributed by atoms with Crippen LogP contribution in [0.15, 0.2) is 17.1 Å². The number of rotatable bonds is 2. The Labute approximate surface area is 100 Å². The average molecular weight is 222 g/mol. The molecule has 0 amide bonds. The fourth-order valence-electron chi connectivity index (χ4n) is 2.68. The first-order valence-electron chi connectivity index (χ1n) is 6.18. The van der Waals surface area contributed by atoms with Crippen molar-refractivity contribution in [2.75, 3.05) is 7.05 Å². The molecule has 1 aliphatic rings. The first-order chi connectivity index (χ1) is 7.29. The summed E-state index contributed by atoms with van der Waals surface area (Å²) < 4.78 is 0. The summed E-state index contributed by atoms with van der Waals surface area (Å²) in [6.45, 7) is 11.3. The van der Waals surface area contributed by atoms with Gasteiger partial charge in [-0.2, -0.15) is 0 Å². The third kappa shape index (κ3) is 2.94. The molecular formula is C14H26N2. The molecule has 0 N–H and O–H groups in total. The van der Waals surface area contributed by atoms with Gasteiger partial charge in [0.05, 0.1) is 6.04 Å². The second-order valence-corrected chi connectivity index (χ2v) is 6.07. The quantitative estimate of drug-likeness (QED) is 0.655. The molecular weight excluding hydrogens is 196 g/mol. The molecule has 16 heavy (non-hydrogen) atoms. The molecule has 0 aromatic rings. The number of hydrogen-bond donors (Lipinski definition) is 0. The van der Waals surface area contributed by atoms with Crippen LogP contribution in [-0.2, 0) is 0 Å². The Morgan fingerprint density at radius 1 is 1.12 bits per heavy atom. The molecule has 0 aromatic carbocycles. The van der Waals surface area contributed by atoms with E-state index in [-0.39, 0.29) is 11.1 Å². The molecule has 1 fully saturated rings. The SMILES string of the molecule is CC=CC=NC1CC(C)(C)N(C)C(C)(C)C1. The van der Waals surface area contributed by atoms with Gasteiger partial charge in [0.1, 0.15) is 0 Å². The predicted molar refractivity (Wildman–Crippen MR) is 72.2 cm³/mol. The van der Waals surface area contributed by atoms with Crippen LogP contribution in [0, 0.1) is 0 Å². The standard InChI is InChI=1S/C14H26N2/c1-7-8-9-15-12-10-13(2,3)16(6)14(4,5)11-12/h7-9,12H,10-11H2,1-6H3. The van der Waals surface area contributed by atoms with Crippen molar-refractivity contribution in [1.82, 2.24) is 4.90 Å². The Kier molecular flexibility index (Phi) is 3.95. The van der Waals surface area contributed by atoms with Crippen LogP contribution in [0.5, 0.6) is 0 Å². The highest BCUT2D eigenvalue weighted by Crippen LogP contribution is 2.37. The Hall–Kier alpha value is -0.630. The lowest BCUT2D eigenvalue weighted by molar-refractivity contribution is -0.0106. The van der Waals surface area contributed by atoms with E-state index in [1.165, 1.54) is 0 Å². The van der Waals surface area contributed by atoms with E-state index in [9.17, 15) is 0 Å². The van der Waals surface area contributed by atoms with Gasteiger partial charge in [-0.25, -0.2) is 0 Å². The molecule has 1 aliphatic heterocycles. The van der Waals surface area contributed by atoms with Crippen molar-refractivity contribution in [2.24, 2.45) is 4.99 Å². The molecule has 0 aliphatic carbocycles. The molecule has 0 bridgehead atoms. The molecule has 92 valence electrons. The van der Waals surface area contributed by atoms with Crippen molar-refractivity contribution in [3.63, 3.8) is 0 Å². The molecule has 0 spiro atoms. The van der Waals surface area contributed by atoms with Gasteiger partial charge in [0, 0.05) is 17.3 Å².